The van der Waals surface area contributed by atoms with Gasteiger partial charge in [-0.1, -0.05) is 58.4 Å². The lowest BCUT2D eigenvalue weighted by molar-refractivity contribution is 1.26. The zero-order chi connectivity index (χ0) is 8.81. The normalized spacial score (nSPS) is 13.5. The fourth-order valence-corrected chi connectivity index (χ4v) is 1.24. The van der Waals surface area contributed by atoms with Gasteiger partial charge in [0.1, 0.15) is 4.29 Å². The maximum absolute atomic E-state index is 5.67. The van der Waals surface area contributed by atoms with Crippen LogP contribution in [-0.2, 0) is 6.42 Å². The first kappa shape index (κ1) is 9.82. The van der Waals surface area contributed by atoms with Crippen molar-refractivity contribution in [1.82, 2.24) is 0 Å². The lowest BCUT2D eigenvalue weighted by atomic mass is 10.1. The molecule has 0 aliphatic rings. The summed E-state index contributed by atoms with van der Waals surface area (Å²) < 4.78 is -0.0544. The molecule has 0 saturated heterocycles. The van der Waals surface area contributed by atoms with Gasteiger partial charge in [0, 0.05) is 0 Å². The Balaban J connectivity index is 2.43. The Bertz CT molecular complexity index is 241. The van der Waals surface area contributed by atoms with E-state index in [2.05, 4.69) is 34.1 Å². The maximum atomic E-state index is 5.67. The van der Waals surface area contributed by atoms with Crippen LogP contribution in [0.4, 0.5) is 0 Å². The van der Waals surface area contributed by atoms with Crippen molar-refractivity contribution in [2.45, 2.75) is 10.7 Å². The van der Waals surface area contributed by atoms with Crippen LogP contribution in [-0.4, -0.2) is 4.29 Å². The van der Waals surface area contributed by atoms with Gasteiger partial charge in [0.15, 0.2) is 0 Å². The first-order valence-electron chi connectivity index (χ1n) is 3.78. The maximum Gasteiger partial charge on any atom is 0.107 e. The fraction of sp³-hybridized carbons (Fsp3) is 0.200. The van der Waals surface area contributed by atoms with Gasteiger partial charge >= 0.3 is 0 Å². The van der Waals surface area contributed by atoms with E-state index in [9.17, 15) is 0 Å². The summed E-state index contributed by atoms with van der Waals surface area (Å²) in [5, 5.41) is 0. The fourth-order valence-electron chi connectivity index (χ4n) is 0.921. The molecule has 0 aliphatic carbocycles. The van der Waals surface area contributed by atoms with E-state index in [4.69, 9.17) is 11.6 Å². The third kappa shape index (κ3) is 3.93. The average Bonchev–Trinajstić information content (AvgIpc) is 2.05. The highest BCUT2D eigenvalue weighted by molar-refractivity contribution is 9.10. The largest absolute Gasteiger partial charge is 0.107 e. The number of rotatable bonds is 3. The van der Waals surface area contributed by atoms with E-state index in [0.29, 0.717) is 0 Å². The first-order valence-corrected chi connectivity index (χ1v) is 5.13. The molecule has 1 atom stereocenters. The van der Waals surface area contributed by atoms with E-state index in [0.717, 1.165) is 6.42 Å². The molecule has 1 rings (SSSR count). The number of allylic oxidation sites excluding steroid dienone is 2. The minimum atomic E-state index is -0.0544. The van der Waals surface area contributed by atoms with Gasteiger partial charge in [-0.2, -0.15) is 0 Å². The van der Waals surface area contributed by atoms with Crippen molar-refractivity contribution in [3.05, 3.63) is 48.0 Å². The SMILES string of the molecule is ClC(Br)/C=C/Cc1ccccc1. The van der Waals surface area contributed by atoms with Gasteiger partial charge < -0.3 is 0 Å². The van der Waals surface area contributed by atoms with Gasteiger partial charge in [-0.25, -0.2) is 0 Å². The Morgan fingerprint density at radius 2 is 2.00 bits per heavy atom. The Hall–Kier alpha value is -0.270. The van der Waals surface area contributed by atoms with Crippen molar-refractivity contribution in [1.29, 1.82) is 0 Å². The molecular weight excluding hydrogens is 235 g/mol. The van der Waals surface area contributed by atoms with E-state index in [-0.39, 0.29) is 4.29 Å². The number of hydrogen-bond acceptors (Lipinski definition) is 0. The zero-order valence-corrected chi connectivity index (χ0v) is 8.92. The molecule has 1 aromatic carbocycles. The van der Waals surface area contributed by atoms with Gasteiger partial charge in [-0.15, -0.1) is 11.6 Å². The summed E-state index contributed by atoms with van der Waals surface area (Å²) in [6.07, 6.45) is 4.92. The van der Waals surface area contributed by atoms with Crippen molar-refractivity contribution in [2.75, 3.05) is 0 Å². The third-order valence-electron chi connectivity index (χ3n) is 1.48. The molecule has 64 valence electrons. The van der Waals surface area contributed by atoms with Crippen LogP contribution >= 0.6 is 27.5 Å². The standard InChI is InChI=1S/C10H10BrCl/c11-10(12)8-4-7-9-5-2-1-3-6-9/h1-6,8,10H,7H2/b8-4+. The lowest BCUT2D eigenvalue weighted by Crippen LogP contribution is -1.81. The molecule has 0 fully saturated rings. The number of hydrogen-bond donors (Lipinski definition) is 0. The summed E-state index contributed by atoms with van der Waals surface area (Å²) in [7, 11) is 0. The minimum absolute atomic E-state index is 0.0544. The molecule has 0 heterocycles. The zero-order valence-electron chi connectivity index (χ0n) is 6.58. The second-order valence-electron chi connectivity index (χ2n) is 2.45. The molecular formula is C10H10BrCl. The van der Waals surface area contributed by atoms with E-state index in [1.54, 1.807) is 0 Å². The smallest absolute Gasteiger partial charge is 0.106 e. The molecule has 0 aliphatic heterocycles. The van der Waals surface area contributed by atoms with E-state index >= 15 is 0 Å². The predicted molar refractivity (Wildman–Crippen MR) is 57.9 cm³/mol. The molecule has 0 aromatic heterocycles. The second kappa shape index (κ2) is 5.39. The summed E-state index contributed by atoms with van der Waals surface area (Å²) in [6, 6.07) is 10.3. The topological polar surface area (TPSA) is 0 Å². The molecule has 0 nitrogen and oxygen atoms in total. The van der Waals surface area contributed by atoms with Crippen molar-refractivity contribution in [2.24, 2.45) is 0 Å². The monoisotopic (exact) mass is 244 g/mol. The van der Waals surface area contributed by atoms with E-state index in [1.807, 2.05) is 24.3 Å². The van der Waals surface area contributed by atoms with Crippen molar-refractivity contribution in [3.63, 3.8) is 0 Å². The molecule has 1 aromatic rings. The number of alkyl halides is 2. The Labute approximate surface area is 86.4 Å². The van der Waals surface area contributed by atoms with Gasteiger partial charge in [0.2, 0.25) is 0 Å². The molecule has 0 bridgehead atoms. The third-order valence-corrected chi connectivity index (χ3v) is 1.93. The first-order chi connectivity index (χ1) is 5.79. The molecule has 0 N–H and O–H groups in total. The van der Waals surface area contributed by atoms with Gasteiger partial charge in [-0.3, -0.25) is 0 Å². The minimum Gasteiger partial charge on any atom is -0.106 e. The van der Waals surface area contributed by atoms with Crippen LogP contribution in [0.15, 0.2) is 42.5 Å². The van der Waals surface area contributed by atoms with Crippen molar-refractivity contribution < 1.29 is 0 Å². The Kier molecular flexibility index (Phi) is 4.41. The highest BCUT2D eigenvalue weighted by atomic mass is 79.9. The summed E-state index contributed by atoms with van der Waals surface area (Å²) >= 11 is 8.90. The number of benzene rings is 1. The van der Waals surface area contributed by atoms with Gasteiger partial charge in [-0.05, 0) is 12.0 Å². The molecule has 0 radical (unpaired) electrons. The van der Waals surface area contributed by atoms with Crippen LogP contribution in [0.5, 0.6) is 0 Å². The Morgan fingerprint density at radius 3 is 2.58 bits per heavy atom. The highest BCUT2D eigenvalue weighted by Crippen LogP contribution is 2.07. The number of halogens is 2. The van der Waals surface area contributed by atoms with Crippen LogP contribution in [0, 0.1) is 0 Å². The molecule has 2 heteroatoms. The summed E-state index contributed by atoms with van der Waals surface area (Å²) in [4.78, 5) is 0. The van der Waals surface area contributed by atoms with E-state index < -0.39 is 0 Å². The summed E-state index contributed by atoms with van der Waals surface area (Å²) in [6.45, 7) is 0. The second-order valence-corrected chi connectivity index (χ2v) is 4.44. The van der Waals surface area contributed by atoms with Crippen LogP contribution in [0.25, 0.3) is 0 Å². The van der Waals surface area contributed by atoms with Gasteiger partial charge in [0.05, 0.1) is 0 Å². The molecule has 0 amide bonds. The van der Waals surface area contributed by atoms with E-state index in [1.165, 1.54) is 5.56 Å². The van der Waals surface area contributed by atoms with Crippen molar-refractivity contribution in [3.8, 4) is 0 Å². The summed E-state index contributed by atoms with van der Waals surface area (Å²) in [5.74, 6) is 0. The molecule has 0 saturated carbocycles. The molecule has 1 unspecified atom stereocenters. The van der Waals surface area contributed by atoms with Crippen LogP contribution in [0.2, 0.25) is 0 Å². The Morgan fingerprint density at radius 1 is 1.33 bits per heavy atom. The predicted octanol–water partition coefficient (Wildman–Crippen LogP) is 3.75. The highest BCUT2D eigenvalue weighted by Gasteiger charge is 1.89. The lowest BCUT2D eigenvalue weighted by Gasteiger charge is -1.94. The molecule has 0 spiro atoms. The van der Waals surface area contributed by atoms with Crippen LogP contribution in [0.1, 0.15) is 5.56 Å². The molecule has 12 heavy (non-hydrogen) atoms. The summed E-state index contributed by atoms with van der Waals surface area (Å²) in [5.41, 5.74) is 1.30. The van der Waals surface area contributed by atoms with Crippen LogP contribution < -0.4 is 0 Å². The average molecular weight is 246 g/mol. The quantitative estimate of drug-likeness (QED) is 0.562. The van der Waals surface area contributed by atoms with Crippen LogP contribution in [0.3, 0.4) is 0 Å². The van der Waals surface area contributed by atoms with Crippen molar-refractivity contribution >= 4 is 27.5 Å². The van der Waals surface area contributed by atoms with Gasteiger partial charge in [0.25, 0.3) is 0 Å².